The van der Waals surface area contributed by atoms with Crippen molar-refractivity contribution in [3.63, 3.8) is 0 Å². The summed E-state index contributed by atoms with van der Waals surface area (Å²) < 4.78 is 10.5. The second-order valence-electron chi connectivity index (χ2n) is 6.78. The highest BCUT2D eigenvalue weighted by molar-refractivity contribution is 5.95. The molecule has 1 heterocycles. The Bertz CT molecular complexity index is 833. The minimum absolute atomic E-state index is 0.0227. The third kappa shape index (κ3) is 4.82. The Morgan fingerprint density at radius 2 is 1.75 bits per heavy atom. The van der Waals surface area contributed by atoms with E-state index in [4.69, 9.17) is 9.47 Å². The molecule has 0 radical (unpaired) electrons. The molecule has 0 aliphatic carbocycles. The quantitative estimate of drug-likeness (QED) is 0.762. The van der Waals surface area contributed by atoms with Crippen molar-refractivity contribution in [2.75, 3.05) is 32.2 Å². The van der Waals surface area contributed by atoms with Gasteiger partial charge in [-0.05, 0) is 48.2 Å². The Labute approximate surface area is 165 Å². The number of amides is 2. The predicted molar refractivity (Wildman–Crippen MR) is 108 cm³/mol. The minimum atomic E-state index is -0.0227. The number of nitrogens with zero attached hydrogens (tertiary/aromatic N) is 1. The van der Waals surface area contributed by atoms with Gasteiger partial charge in [0, 0.05) is 25.2 Å². The maximum atomic E-state index is 12.2. The van der Waals surface area contributed by atoms with Crippen LogP contribution in [0.1, 0.15) is 24.0 Å². The largest absolute Gasteiger partial charge is 0.493 e. The molecule has 1 aliphatic heterocycles. The van der Waals surface area contributed by atoms with E-state index < -0.39 is 0 Å². The second-order valence-corrected chi connectivity index (χ2v) is 6.78. The van der Waals surface area contributed by atoms with Gasteiger partial charge in [0.05, 0.1) is 20.6 Å². The van der Waals surface area contributed by atoms with Crippen LogP contribution in [0.25, 0.3) is 0 Å². The van der Waals surface area contributed by atoms with E-state index in [1.54, 1.807) is 19.1 Å². The molecule has 148 valence electrons. The van der Waals surface area contributed by atoms with Crippen LogP contribution in [0.4, 0.5) is 5.69 Å². The van der Waals surface area contributed by atoms with Gasteiger partial charge in [0.1, 0.15) is 0 Å². The standard InChI is InChI=1S/C22H26N2O4/c1-27-19-10-7-17(14-20(19)28-2)11-12-23-21(25)15-16-5-8-18(9-6-16)24-13-3-4-22(24)26/h5-10,14H,3-4,11-13,15H2,1-2H3,(H,23,25). The van der Waals surface area contributed by atoms with Gasteiger partial charge < -0.3 is 19.7 Å². The summed E-state index contributed by atoms with van der Waals surface area (Å²) in [6, 6.07) is 13.4. The van der Waals surface area contributed by atoms with Gasteiger partial charge in [-0.1, -0.05) is 18.2 Å². The Hall–Kier alpha value is -3.02. The molecule has 0 spiro atoms. The van der Waals surface area contributed by atoms with Crippen molar-refractivity contribution in [1.82, 2.24) is 5.32 Å². The van der Waals surface area contributed by atoms with Crippen molar-refractivity contribution in [2.24, 2.45) is 0 Å². The summed E-state index contributed by atoms with van der Waals surface area (Å²) in [6.07, 6.45) is 2.55. The Balaban J connectivity index is 1.47. The molecule has 0 atom stereocenters. The molecule has 1 aliphatic rings. The molecule has 0 unspecified atom stereocenters. The number of nitrogens with one attached hydrogen (secondary N) is 1. The zero-order valence-electron chi connectivity index (χ0n) is 16.4. The number of rotatable bonds is 8. The van der Waals surface area contributed by atoms with Crippen LogP contribution in [0.5, 0.6) is 11.5 Å². The van der Waals surface area contributed by atoms with Gasteiger partial charge in [-0.3, -0.25) is 9.59 Å². The highest BCUT2D eigenvalue weighted by atomic mass is 16.5. The SMILES string of the molecule is COc1ccc(CCNC(=O)Cc2ccc(N3CCCC3=O)cc2)cc1OC. The van der Waals surface area contributed by atoms with Gasteiger partial charge in [-0.15, -0.1) is 0 Å². The first-order valence-electron chi connectivity index (χ1n) is 9.47. The van der Waals surface area contributed by atoms with Crippen molar-refractivity contribution in [3.8, 4) is 11.5 Å². The van der Waals surface area contributed by atoms with Crippen LogP contribution >= 0.6 is 0 Å². The zero-order valence-corrected chi connectivity index (χ0v) is 16.4. The molecule has 1 fully saturated rings. The van der Waals surface area contributed by atoms with Gasteiger partial charge in [-0.2, -0.15) is 0 Å². The molecule has 0 aromatic heterocycles. The first-order valence-corrected chi connectivity index (χ1v) is 9.47. The first kappa shape index (κ1) is 19.7. The van der Waals surface area contributed by atoms with E-state index in [1.165, 1.54) is 0 Å². The summed E-state index contributed by atoms with van der Waals surface area (Å²) in [7, 11) is 3.21. The molecule has 2 aromatic carbocycles. The van der Waals surface area contributed by atoms with Gasteiger partial charge in [0.2, 0.25) is 11.8 Å². The fraction of sp³-hybridized carbons (Fsp3) is 0.364. The van der Waals surface area contributed by atoms with Crippen molar-refractivity contribution in [3.05, 3.63) is 53.6 Å². The van der Waals surface area contributed by atoms with E-state index in [0.29, 0.717) is 37.3 Å². The van der Waals surface area contributed by atoms with Gasteiger partial charge >= 0.3 is 0 Å². The van der Waals surface area contributed by atoms with E-state index in [2.05, 4.69) is 5.32 Å². The molecule has 2 aromatic rings. The average molecular weight is 382 g/mol. The number of anilines is 1. The molecular weight excluding hydrogens is 356 g/mol. The second kappa shape index (κ2) is 9.26. The lowest BCUT2D eigenvalue weighted by atomic mass is 10.1. The number of carbonyl (C=O) groups is 2. The van der Waals surface area contributed by atoms with Crippen molar-refractivity contribution in [2.45, 2.75) is 25.7 Å². The maximum Gasteiger partial charge on any atom is 0.227 e. The maximum absolute atomic E-state index is 12.2. The summed E-state index contributed by atoms with van der Waals surface area (Å²) in [4.78, 5) is 25.8. The van der Waals surface area contributed by atoms with Crippen LogP contribution in [0.2, 0.25) is 0 Å². The molecule has 1 N–H and O–H groups in total. The normalized spacial score (nSPS) is 13.5. The van der Waals surface area contributed by atoms with Crippen molar-refractivity contribution in [1.29, 1.82) is 0 Å². The number of benzene rings is 2. The molecule has 2 amide bonds. The Morgan fingerprint density at radius 1 is 1.04 bits per heavy atom. The summed E-state index contributed by atoms with van der Waals surface area (Å²) in [5, 5.41) is 2.95. The lowest BCUT2D eigenvalue weighted by Gasteiger charge is -2.15. The molecule has 0 saturated carbocycles. The fourth-order valence-corrected chi connectivity index (χ4v) is 3.35. The summed E-state index contributed by atoms with van der Waals surface area (Å²) >= 11 is 0. The van der Waals surface area contributed by atoms with Gasteiger partial charge in [0.25, 0.3) is 0 Å². The number of methoxy groups -OCH3 is 2. The molecule has 0 bridgehead atoms. The molecule has 3 rings (SSSR count). The van der Waals surface area contributed by atoms with Crippen LogP contribution in [-0.4, -0.2) is 39.1 Å². The number of ether oxygens (including phenoxy) is 2. The van der Waals surface area contributed by atoms with Crippen LogP contribution < -0.4 is 19.7 Å². The van der Waals surface area contributed by atoms with E-state index >= 15 is 0 Å². The molecular formula is C22H26N2O4. The lowest BCUT2D eigenvalue weighted by molar-refractivity contribution is -0.120. The highest BCUT2D eigenvalue weighted by Gasteiger charge is 2.21. The highest BCUT2D eigenvalue weighted by Crippen LogP contribution is 2.27. The smallest absolute Gasteiger partial charge is 0.227 e. The van der Waals surface area contributed by atoms with Crippen LogP contribution in [0, 0.1) is 0 Å². The first-order chi connectivity index (χ1) is 13.6. The van der Waals surface area contributed by atoms with Crippen LogP contribution in [-0.2, 0) is 22.4 Å². The van der Waals surface area contributed by atoms with E-state index in [9.17, 15) is 9.59 Å². The monoisotopic (exact) mass is 382 g/mol. The molecule has 28 heavy (non-hydrogen) atoms. The number of hydrogen-bond donors (Lipinski definition) is 1. The summed E-state index contributed by atoms with van der Waals surface area (Å²) in [6.45, 7) is 1.32. The Kier molecular flexibility index (Phi) is 6.53. The van der Waals surface area contributed by atoms with E-state index in [-0.39, 0.29) is 11.8 Å². The van der Waals surface area contributed by atoms with E-state index in [0.717, 1.165) is 29.8 Å². The van der Waals surface area contributed by atoms with Gasteiger partial charge in [0.15, 0.2) is 11.5 Å². The number of carbonyl (C=O) groups excluding carboxylic acids is 2. The van der Waals surface area contributed by atoms with Crippen LogP contribution in [0.15, 0.2) is 42.5 Å². The predicted octanol–water partition coefficient (Wildman–Crippen LogP) is 2.73. The average Bonchev–Trinajstić information content (AvgIpc) is 3.14. The summed E-state index contributed by atoms with van der Waals surface area (Å²) in [5.41, 5.74) is 2.90. The Morgan fingerprint density at radius 3 is 2.39 bits per heavy atom. The van der Waals surface area contributed by atoms with Crippen molar-refractivity contribution >= 4 is 17.5 Å². The van der Waals surface area contributed by atoms with E-state index in [1.807, 2.05) is 42.5 Å². The topological polar surface area (TPSA) is 67.9 Å². The lowest BCUT2D eigenvalue weighted by Crippen LogP contribution is -2.27. The molecule has 6 heteroatoms. The van der Waals surface area contributed by atoms with Gasteiger partial charge in [-0.25, -0.2) is 0 Å². The minimum Gasteiger partial charge on any atom is -0.493 e. The third-order valence-electron chi connectivity index (χ3n) is 4.87. The van der Waals surface area contributed by atoms with Crippen LogP contribution in [0.3, 0.4) is 0 Å². The fourth-order valence-electron chi connectivity index (χ4n) is 3.35. The zero-order chi connectivity index (χ0) is 19.9. The number of hydrogen-bond acceptors (Lipinski definition) is 4. The molecule has 6 nitrogen and oxygen atoms in total. The molecule has 1 saturated heterocycles. The third-order valence-corrected chi connectivity index (χ3v) is 4.87. The van der Waals surface area contributed by atoms with Crippen molar-refractivity contribution < 1.29 is 19.1 Å². The summed E-state index contributed by atoms with van der Waals surface area (Å²) in [5.74, 6) is 1.52.